The van der Waals surface area contributed by atoms with Crippen LogP contribution in [-0.2, 0) is 4.79 Å². The maximum atomic E-state index is 11.5. The molecule has 2 atom stereocenters. The zero-order chi connectivity index (χ0) is 10.6. The first-order chi connectivity index (χ1) is 6.63. The monoisotopic (exact) mass is 198 g/mol. The molecule has 4 nitrogen and oxygen atoms in total. The average Bonchev–Trinajstić information content (AvgIpc) is 2.12. The van der Waals surface area contributed by atoms with Gasteiger partial charge in [-0.25, -0.2) is 0 Å². The van der Waals surface area contributed by atoms with Gasteiger partial charge in [0.2, 0.25) is 5.91 Å². The fourth-order valence-corrected chi connectivity index (χ4v) is 1.77. The molecule has 0 aliphatic carbocycles. The molecule has 0 unspecified atom stereocenters. The van der Waals surface area contributed by atoms with Crippen molar-refractivity contribution in [3.8, 4) is 0 Å². The Morgan fingerprint density at radius 3 is 2.93 bits per heavy atom. The van der Waals surface area contributed by atoms with Crippen LogP contribution in [0.2, 0.25) is 0 Å². The number of nitrogens with zero attached hydrogens (tertiary/aromatic N) is 1. The number of rotatable bonds is 2. The SMILES string of the molecule is C[C@@H]1C[C@H](O)CN(C(=O)/C=C/CN)C1. The summed E-state index contributed by atoms with van der Waals surface area (Å²) >= 11 is 0. The second-order valence-electron chi connectivity index (χ2n) is 3.88. The molecule has 0 spiro atoms. The summed E-state index contributed by atoms with van der Waals surface area (Å²) in [5, 5.41) is 9.48. The van der Waals surface area contributed by atoms with Crippen molar-refractivity contribution in [3.63, 3.8) is 0 Å². The standard InChI is InChI=1S/C10H18N2O2/c1-8-5-9(13)7-12(6-8)10(14)3-2-4-11/h2-3,8-9,13H,4-7,11H2,1H3/b3-2+/t8-,9+/m1/s1. The molecular formula is C10H18N2O2. The lowest BCUT2D eigenvalue weighted by atomic mass is 9.98. The van der Waals surface area contributed by atoms with Crippen molar-refractivity contribution in [2.24, 2.45) is 11.7 Å². The van der Waals surface area contributed by atoms with Gasteiger partial charge in [0.25, 0.3) is 0 Å². The van der Waals surface area contributed by atoms with Gasteiger partial charge in [-0.2, -0.15) is 0 Å². The van der Waals surface area contributed by atoms with Gasteiger partial charge in [0.1, 0.15) is 0 Å². The Kier molecular flexibility index (Phi) is 4.10. The van der Waals surface area contributed by atoms with Crippen molar-refractivity contribution >= 4 is 5.91 Å². The highest BCUT2D eigenvalue weighted by Gasteiger charge is 2.24. The van der Waals surface area contributed by atoms with Gasteiger partial charge in [0, 0.05) is 25.7 Å². The minimum atomic E-state index is -0.381. The Hall–Kier alpha value is -0.870. The molecule has 0 aromatic carbocycles. The van der Waals surface area contributed by atoms with Crippen LogP contribution >= 0.6 is 0 Å². The van der Waals surface area contributed by atoms with Crippen molar-refractivity contribution in [2.45, 2.75) is 19.4 Å². The summed E-state index contributed by atoms with van der Waals surface area (Å²) < 4.78 is 0. The summed E-state index contributed by atoms with van der Waals surface area (Å²) in [5.74, 6) is 0.315. The van der Waals surface area contributed by atoms with Gasteiger partial charge >= 0.3 is 0 Å². The molecule has 80 valence electrons. The molecule has 1 saturated heterocycles. The number of piperidine rings is 1. The van der Waals surface area contributed by atoms with Crippen LogP contribution in [0, 0.1) is 5.92 Å². The van der Waals surface area contributed by atoms with Crippen LogP contribution in [-0.4, -0.2) is 41.7 Å². The molecule has 1 aliphatic rings. The normalized spacial score (nSPS) is 28.4. The summed E-state index contributed by atoms with van der Waals surface area (Å²) in [4.78, 5) is 13.2. The lowest BCUT2D eigenvalue weighted by Gasteiger charge is -2.33. The molecule has 1 aliphatic heterocycles. The van der Waals surface area contributed by atoms with E-state index >= 15 is 0 Å². The third-order valence-electron chi connectivity index (χ3n) is 2.35. The van der Waals surface area contributed by atoms with Crippen LogP contribution in [0.15, 0.2) is 12.2 Å². The number of hydrogen-bond donors (Lipinski definition) is 2. The van der Waals surface area contributed by atoms with Gasteiger partial charge < -0.3 is 15.7 Å². The molecule has 1 amide bonds. The first-order valence-electron chi connectivity index (χ1n) is 4.97. The Labute approximate surface area is 84.4 Å². The van der Waals surface area contributed by atoms with Crippen molar-refractivity contribution in [3.05, 3.63) is 12.2 Å². The number of nitrogens with two attached hydrogens (primary N) is 1. The molecule has 1 fully saturated rings. The highest BCUT2D eigenvalue weighted by molar-refractivity contribution is 5.87. The summed E-state index contributed by atoms with van der Waals surface area (Å²) in [7, 11) is 0. The third kappa shape index (κ3) is 3.12. The van der Waals surface area contributed by atoms with Gasteiger partial charge in [-0.3, -0.25) is 4.79 Å². The topological polar surface area (TPSA) is 66.6 Å². The van der Waals surface area contributed by atoms with E-state index in [1.807, 2.05) is 6.92 Å². The maximum Gasteiger partial charge on any atom is 0.246 e. The zero-order valence-corrected chi connectivity index (χ0v) is 8.52. The summed E-state index contributed by atoms with van der Waals surface area (Å²) in [6, 6.07) is 0. The van der Waals surface area contributed by atoms with E-state index < -0.39 is 0 Å². The fraction of sp³-hybridized carbons (Fsp3) is 0.700. The Bertz CT molecular complexity index is 218. The highest BCUT2D eigenvalue weighted by atomic mass is 16.3. The van der Waals surface area contributed by atoms with Crippen molar-refractivity contribution in [1.82, 2.24) is 4.90 Å². The molecule has 0 aromatic rings. The smallest absolute Gasteiger partial charge is 0.246 e. The minimum absolute atomic E-state index is 0.0546. The van der Waals surface area contributed by atoms with Crippen molar-refractivity contribution < 1.29 is 9.90 Å². The maximum absolute atomic E-state index is 11.5. The van der Waals surface area contributed by atoms with Crippen LogP contribution < -0.4 is 5.73 Å². The predicted molar refractivity (Wildman–Crippen MR) is 54.6 cm³/mol. The second-order valence-corrected chi connectivity index (χ2v) is 3.88. The van der Waals surface area contributed by atoms with Crippen molar-refractivity contribution in [2.75, 3.05) is 19.6 Å². The molecule has 4 heteroatoms. The number of β-amino-alcohol motifs (C(OH)–C–C–N with tert-alkyl or cyclic N) is 1. The van der Waals surface area contributed by atoms with Gasteiger partial charge in [-0.15, -0.1) is 0 Å². The van der Waals surface area contributed by atoms with E-state index in [4.69, 9.17) is 5.73 Å². The van der Waals surface area contributed by atoms with Crippen LogP contribution in [0.4, 0.5) is 0 Å². The Morgan fingerprint density at radius 2 is 2.36 bits per heavy atom. The molecule has 14 heavy (non-hydrogen) atoms. The van der Waals surface area contributed by atoms with E-state index in [0.717, 1.165) is 13.0 Å². The quantitative estimate of drug-likeness (QED) is 0.600. The van der Waals surface area contributed by atoms with E-state index in [1.165, 1.54) is 6.08 Å². The van der Waals surface area contributed by atoms with E-state index in [0.29, 0.717) is 19.0 Å². The van der Waals surface area contributed by atoms with Gasteiger partial charge in [0.05, 0.1) is 6.10 Å². The number of likely N-dealkylation sites (tertiary alicyclic amines) is 1. The number of hydrogen-bond acceptors (Lipinski definition) is 3. The Balaban J connectivity index is 2.50. The predicted octanol–water partition coefficient (Wildman–Crippen LogP) is -0.269. The Morgan fingerprint density at radius 1 is 1.64 bits per heavy atom. The lowest BCUT2D eigenvalue weighted by Crippen LogP contribution is -2.44. The van der Waals surface area contributed by atoms with Gasteiger partial charge in [-0.1, -0.05) is 13.0 Å². The largest absolute Gasteiger partial charge is 0.391 e. The van der Waals surface area contributed by atoms with E-state index in [2.05, 4.69) is 0 Å². The van der Waals surface area contributed by atoms with E-state index in [1.54, 1.807) is 11.0 Å². The number of aliphatic hydroxyl groups is 1. The summed E-state index contributed by atoms with van der Waals surface area (Å²) in [6.45, 7) is 3.58. The third-order valence-corrected chi connectivity index (χ3v) is 2.35. The average molecular weight is 198 g/mol. The molecule has 0 bridgehead atoms. The molecule has 0 aromatic heterocycles. The molecule has 3 N–H and O–H groups in total. The van der Waals surface area contributed by atoms with Crippen LogP contribution in [0.5, 0.6) is 0 Å². The number of amides is 1. The number of carbonyl (C=O) groups is 1. The first-order valence-corrected chi connectivity index (χ1v) is 4.97. The van der Waals surface area contributed by atoms with E-state index in [9.17, 15) is 9.90 Å². The van der Waals surface area contributed by atoms with Crippen LogP contribution in [0.25, 0.3) is 0 Å². The second kappa shape index (κ2) is 5.12. The number of aliphatic hydroxyl groups excluding tert-OH is 1. The van der Waals surface area contributed by atoms with Crippen LogP contribution in [0.3, 0.4) is 0 Å². The van der Waals surface area contributed by atoms with Gasteiger partial charge in [0.15, 0.2) is 0 Å². The fourth-order valence-electron chi connectivity index (χ4n) is 1.77. The molecule has 0 radical (unpaired) electrons. The highest BCUT2D eigenvalue weighted by Crippen LogP contribution is 2.16. The molecule has 1 heterocycles. The minimum Gasteiger partial charge on any atom is -0.391 e. The number of carbonyl (C=O) groups excluding carboxylic acids is 1. The van der Waals surface area contributed by atoms with Crippen LogP contribution in [0.1, 0.15) is 13.3 Å². The van der Waals surface area contributed by atoms with E-state index in [-0.39, 0.29) is 12.0 Å². The lowest BCUT2D eigenvalue weighted by molar-refractivity contribution is -0.130. The van der Waals surface area contributed by atoms with Gasteiger partial charge in [-0.05, 0) is 12.3 Å². The summed E-state index contributed by atoms with van der Waals surface area (Å²) in [6.07, 6.45) is 3.51. The molecule has 0 saturated carbocycles. The van der Waals surface area contributed by atoms with Crippen molar-refractivity contribution in [1.29, 1.82) is 0 Å². The first kappa shape index (κ1) is 11.2. The molecular weight excluding hydrogens is 180 g/mol. The summed E-state index contributed by atoms with van der Waals surface area (Å²) in [5.41, 5.74) is 5.25. The molecule has 1 rings (SSSR count). The zero-order valence-electron chi connectivity index (χ0n) is 8.52.